The van der Waals surface area contributed by atoms with Crippen LogP contribution in [0.1, 0.15) is 39.5 Å². The molecule has 2 nitrogen and oxygen atoms in total. The second-order valence-electron chi connectivity index (χ2n) is 5.64. The molecule has 2 aliphatic heterocycles. The molecule has 0 aromatic rings. The largest absolute Gasteiger partial charge is 0.329 e. The van der Waals surface area contributed by atoms with Crippen molar-refractivity contribution in [2.45, 2.75) is 50.3 Å². The van der Waals surface area contributed by atoms with Crippen LogP contribution in [-0.2, 0) is 0 Å². The van der Waals surface area contributed by atoms with Crippen LogP contribution < -0.4 is 5.73 Å². The highest BCUT2D eigenvalue weighted by Gasteiger charge is 2.44. The molecule has 2 fully saturated rings. The summed E-state index contributed by atoms with van der Waals surface area (Å²) in [5, 5.41) is 0.800. The lowest BCUT2D eigenvalue weighted by Crippen LogP contribution is -2.53. The number of hydrogen-bond donors (Lipinski definition) is 1. The van der Waals surface area contributed by atoms with Gasteiger partial charge < -0.3 is 5.73 Å². The maximum atomic E-state index is 6.08. The van der Waals surface area contributed by atoms with Gasteiger partial charge in [-0.05, 0) is 31.7 Å². The summed E-state index contributed by atoms with van der Waals surface area (Å²) in [4.78, 5) is 2.71. The van der Waals surface area contributed by atoms with Crippen LogP contribution in [0.5, 0.6) is 0 Å². The van der Waals surface area contributed by atoms with E-state index >= 15 is 0 Å². The van der Waals surface area contributed by atoms with Crippen LogP contribution in [0.2, 0.25) is 0 Å². The van der Waals surface area contributed by atoms with Crippen LogP contribution in [0, 0.1) is 5.92 Å². The summed E-state index contributed by atoms with van der Waals surface area (Å²) in [6.07, 6.45) is 5.43. The molecule has 3 unspecified atom stereocenters. The Kier molecular flexibility index (Phi) is 4.20. The fourth-order valence-electron chi connectivity index (χ4n) is 3.35. The zero-order chi connectivity index (χ0) is 11.6. The molecule has 0 aliphatic carbocycles. The summed E-state index contributed by atoms with van der Waals surface area (Å²) < 4.78 is 0. The minimum absolute atomic E-state index is 0.340. The molecule has 2 aliphatic rings. The third kappa shape index (κ3) is 2.41. The summed E-state index contributed by atoms with van der Waals surface area (Å²) in [6, 6.07) is 0. The first kappa shape index (κ1) is 12.7. The zero-order valence-corrected chi connectivity index (χ0v) is 11.6. The molecule has 0 amide bonds. The Morgan fingerprint density at radius 3 is 2.88 bits per heavy atom. The molecule has 2 N–H and O–H groups in total. The summed E-state index contributed by atoms with van der Waals surface area (Å²) >= 11 is 2.11. The van der Waals surface area contributed by atoms with E-state index in [4.69, 9.17) is 5.73 Å². The Labute approximate surface area is 104 Å². The third-order valence-corrected chi connectivity index (χ3v) is 5.78. The molecule has 0 bridgehead atoms. The van der Waals surface area contributed by atoms with Crippen LogP contribution in [-0.4, -0.2) is 41.1 Å². The standard InChI is InChI=1S/C13H26N2S/c1-3-4-12-5-6-15(8-12)13(9-14)7-11(2)16-10-13/h11-12H,3-10,14H2,1-2H3. The number of nitrogens with zero attached hydrogens (tertiary/aromatic N) is 1. The van der Waals surface area contributed by atoms with Gasteiger partial charge in [0.25, 0.3) is 0 Å². The summed E-state index contributed by atoms with van der Waals surface area (Å²) in [7, 11) is 0. The Hall–Kier alpha value is 0.270. The van der Waals surface area contributed by atoms with Gasteiger partial charge in [-0.25, -0.2) is 0 Å². The van der Waals surface area contributed by atoms with E-state index in [9.17, 15) is 0 Å². The van der Waals surface area contributed by atoms with E-state index in [-0.39, 0.29) is 0 Å². The minimum atomic E-state index is 0.340. The number of hydrogen-bond acceptors (Lipinski definition) is 3. The summed E-state index contributed by atoms with van der Waals surface area (Å²) in [5.41, 5.74) is 6.42. The SMILES string of the molecule is CCCC1CCN(C2(CN)CSC(C)C2)C1. The van der Waals surface area contributed by atoms with E-state index in [1.165, 1.54) is 44.5 Å². The normalized spacial score (nSPS) is 40.7. The lowest BCUT2D eigenvalue weighted by atomic mass is 9.94. The molecule has 3 heteroatoms. The van der Waals surface area contributed by atoms with Gasteiger partial charge in [0.1, 0.15) is 0 Å². The summed E-state index contributed by atoms with van der Waals surface area (Å²) in [5.74, 6) is 2.19. The van der Waals surface area contributed by atoms with Crippen LogP contribution >= 0.6 is 11.8 Å². The van der Waals surface area contributed by atoms with Crippen LogP contribution in [0.25, 0.3) is 0 Å². The van der Waals surface area contributed by atoms with Crippen LogP contribution in [0.4, 0.5) is 0 Å². The topological polar surface area (TPSA) is 29.3 Å². The Balaban J connectivity index is 1.96. The zero-order valence-electron chi connectivity index (χ0n) is 10.7. The lowest BCUT2D eigenvalue weighted by molar-refractivity contribution is 0.139. The highest BCUT2D eigenvalue weighted by molar-refractivity contribution is 8.00. The Bertz CT molecular complexity index is 234. The van der Waals surface area contributed by atoms with Gasteiger partial charge in [0, 0.05) is 29.6 Å². The van der Waals surface area contributed by atoms with Gasteiger partial charge >= 0.3 is 0 Å². The average molecular weight is 242 g/mol. The second kappa shape index (κ2) is 5.28. The highest BCUT2D eigenvalue weighted by Crippen LogP contribution is 2.40. The van der Waals surface area contributed by atoms with Gasteiger partial charge in [0.05, 0.1) is 0 Å². The number of rotatable bonds is 4. The van der Waals surface area contributed by atoms with Gasteiger partial charge in [0.15, 0.2) is 0 Å². The van der Waals surface area contributed by atoms with Crippen molar-refractivity contribution in [2.24, 2.45) is 11.7 Å². The lowest BCUT2D eigenvalue weighted by Gasteiger charge is -2.37. The Morgan fingerprint density at radius 1 is 1.50 bits per heavy atom. The minimum Gasteiger partial charge on any atom is -0.329 e. The predicted molar refractivity (Wildman–Crippen MR) is 72.9 cm³/mol. The highest BCUT2D eigenvalue weighted by atomic mass is 32.2. The first-order chi connectivity index (χ1) is 7.70. The predicted octanol–water partition coefficient (Wildman–Crippen LogP) is 2.33. The number of nitrogens with two attached hydrogens (primary N) is 1. The average Bonchev–Trinajstić information content (AvgIpc) is 2.86. The van der Waals surface area contributed by atoms with E-state index in [1.807, 2.05) is 0 Å². The van der Waals surface area contributed by atoms with E-state index in [0.717, 1.165) is 17.7 Å². The molecule has 16 heavy (non-hydrogen) atoms. The van der Waals surface area contributed by atoms with Crippen molar-refractivity contribution in [2.75, 3.05) is 25.4 Å². The van der Waals surface area contributed by atoms with Crippen molar-refractivity contribution in [1.29, 1.82) is 0 Å². The third-order valence-electron chi connectivity index (χ3n) is 4.34. The monoisotopic (exact) mass is 242 g/mol. The number of likely N-dealkylation sites (tertiary alicyclic amines) is 1. The molecule has 0 radical (unpaired) electrons. The molecule has 2 heterocycles. The molecule has 0 aromatic heterocycles. The maximum Gasteiger partial charge on any atom is 0.0432 e. The first-order valence-corrected chi connectivity index (χ1v) is 7.82. The molecule has 0 saturated carbocycles. The smallest absolute Gasteiger partial charge is 0.0432 e. The van der Waals surface area contributed by atoms with Crippen LogP contribution in [0.15, 0.2) is 0 Å². The van der Waals surface area contributed by atoms with E-state index < -0.39 is 0 Å². The van der Waals surface area contributed by atoms with E-state index in [2.05, 4.69) is 30.5 Å². The first-order valence-electron chi connectivity index (χ1n) is 6.77. The maximum absolute atomic E-state index is 6.08. The van der Waals surface area contributed by atoms with Crippen molar-refractivity contribution >= 4 is 11.8 Å². The summed E-state index contributed by atoms with van der Waals surface area (Å²) in [6.45, 7) is 8.09. The van der Waals surface area contributed by atoms with Crippen LogP contribution in [0.3, 0.4) is 0 Å². The molecule has 2 rings (SSSR count). The van der Waals surface area contributed by atoms with Crippen molar-refractivity contribution in [3.63, 3.8) is 0 Å². The van der Waals surface area contributed by atoms with Crippen molar-refractivity contribution in [1.82, 2.24) is 4.90 Å². The Morgan fingerprint density at radius 2 is 2.31 bits per heavy atom. The van der Waals surface area contributed by atoms with Gasteiger partial charge in [0.2, 0.25) is 0 Å². The molecule has 0 aromatic carbocycles. The number of thioether (sulfide) groups is 1. The van der Waals surface area contributed by atoms with E-state index in [1.54, 1.807) is 0 Å². The molecular formula is C13H26N2S. The molecular weight excluding hydrogens is 216 g/mol. The quantitative estimate of drug-likeness (QED) is 0.820. The van der Waals surface area contributed by atoms with Crippen molar-refractivity contribution in [3.05, 3.63) is 0 Å². The van der Waals surface area contributed by atoms with Crippen molar-refractivity contribution in [3.8, 4) is 0 Å². The molecule has 3 atom stereocenters. The van der Waals surface area contributed by atoms with Gasteiger partial charge in [-0.15, -0.1) is 0 Å². The second-order valence-corrected chi connectivity index (χ2v) is 7.07. The van der Waals surface area contributed by atoms with Gasteiger partial charge in [-0.2, -0.15) is 11.8 Å². The van der Waals surface area contributed by atoms with Gasteiger partial charge in [-0.1, -0.05) is 20.3 Å². The fraction of sp³-hybridized carbons (Fsp3) is 1.00. The fourth-order valence-corrected chi connectivity index (χ4v) is 4.79. The molecule has 0 spiro atoms. The van der Waals surface area contributed by atoms with E-state index in [0.29, 0.717) is 5.54 Å². The van der Waals surface area contributed by atoms with Gasteiger partial charge in [-0.3, -0.25) is 4.90 Å². The molecule has 2 saturated heterocycles. The van der Waals surface area contributed by atoms with Crippen molar-refractivity contribution < 1.29 is 0 Å². The molecule has 94 valence electrons.